The second kappa shape index (κ2) is 6.57. The highest BCUT2D eigenvalue weighted by atomic mass is 16.5. The molecule has 2 saturated heterocycles. The molecule has 1 aromatic carbocycles. The second-order valence-electron chi connectivity index (χ2n) is 6.84. The van der Waals surface area contributed by atoms with E-state index in [2.05, 4.69) is 10.6 Å². The molecule has 3 heterocycles. The highest BCUT2D eigenvalue weighted by Gasteiger charge is 2.37. The second-order valence-corrected chi connectivity index (χ2v) is 6.84. The summed E-state index contributed by atoms with van der Waals surface area (Å²) in [5.74, 6) is -1.32. The SMILES string of the molecule is C[C@H](OC(=O)c1ccc2c(c1)NC(=O)[C@@H]1CCCN21)C(=O)N1CCNC1=O. The van der Waals surface area contributed by atoms with Gasteiger partial charge in [0.05, 0.1) is 16.9 Å². The summed E-state index contributed by atoms with van der Waals surface area (Å²) in [6, 6.07) is 4.32. The lowest BCUT2D eigenvalue weighted by Crippen LogP contribution is -2.44. The summed E-state index contributed by atoms with van der Waals surface area (Å²) >= 11 is 0. The molecule has 9 nitrogen and oxygen atoms in total. The molecule has 9 heteroatoms. The van der Waals surface area contributed by atoms with Crippen LogP contribution in [0.3, 0.4) is 0 Å². The molecule has 0 bridgehead atoms. The number of carbonyl (C=O) groups excluding carboxylic acids is 4. The number of amides is 4. The van der Waals surface area contributed by atoms with E-state index in [-0.39, 0.29) is 24.1 Å². The summed E-state index contributed by atoms with van der Waals surface area (Å²) in [5, 5.41) is 5.36. The molecule has 2 atom stereocenters. The molecule has 3 aliphatic rings. The molecule has 3 aliphatic heterocycles. The van der Waals surface area contributed by atoms with Gasteiger partial charge in [-0.15, -0.1) is 0 Å². The standard InChI is InChI=1S/C18H20N4O5/c1-10(16(24)22-8-6-19-18(22)26)27-17(25)11-4-5-13-12(9-11)20-15(23)14-3-2-7-21(13)14/h4-5,9-10,14H,2-3,6-8H2,1H3,(H,19,26)(H,20,23)/t10-,14-/m0/s1. The van der Waals surface area contributed by atoms with Gasteiger partial charge in [0.2, 0.25) is 5.91 Å². The summed E-state index contributed by atoms with van der Waals surface area (Å²) in [4.78, 5) is 51.5. The van der Waals surface area contributed by atoms with Crippen molar-refractivity contribution in [2.45, 2.75) is 31.9 Å². The van der Waals surface area contributed by atoms with Crippen LogP contribution in [0.25, 0.3) is 0 Å². The zero-order valence-electron chi connectivity index (χ0n) is 14.9. The Bertz CT molecular complexity index is 839. The number of imide groups is 1. The van der Waals surface area contributed by atoms with Crippen LogP contribution >= 0.6 is 0 Å². The van der Waals surface area contributed by atoms with E-state index >= 15 is 0 Å². The summed E-state index contributed by atoms with van der Waals surface area (Å²) in [6.07, 6.45) is 0.680. The Balaban J connectivity index is 1.48. The van der Waals surface area contributed by atoms with Crippen LogP contribution in [0.15, 0.2) is 18.2 Å². The van der Waals surface area contributed by atoms with Gasteiger partial charge in [-0.25, -0.2) is 9.59 Å². The number of rotatable bonds is 3. The number of esters is 1. The van der Waals surface area contributed by atoms with Crippen molar-refractivity contribution in [2.24, 2.45) is 0 Å². The number of nitrogens with one attached hydrogen (secondary N) is 2. The van der Waals surface area contributed by atoms with E-state index in [1.54, 1.807) is 18.2 Å². The predicted octanol–water partition coefficient (Wildman–Crippen LogP) is 0.705. The monoisotopic (exact) mass is 372 g/mol. The molecule has 1 aromatic rings. The van der Waals surface area contributed by atoms with E-state index < -0.39 is 24.0 Å². The number of carbonyl (C=O) groups is 4. The Labute approximate surface area is 155 Å². The highest BCUT2D eigenvalue weighted by Crippen LogP contribution is 2.37. The minimum absolute atomic E-state index is 0.0749. The Morgan fingerprint density at radius 1 is 1.26 bits per heavy atom. The van der Waals surface area contributed by atoms with Crippen molar-refractivity contribution in [1.29, 1.82) is 0 Å². The third-order valence-corrected chi connectivity index (χ3v) is 5.11. The lowest BCUT2D eigenvalue weighted by Gasteiger charge is -2.33. The smallest absolute Gasteiger partial charge is 0.338 e. The first-order valence-corrected chi connectivity index (χ1v) is 8.97. The molecule has 0 spiro atoms. The van der Waals surface area contributed by atoms with Crippen LogP contribution in [0, 0.1) is 0 Å². The lowest BCUT2D eigenvalue weighted by atomic mass is 10.1. The summed E-state index contributed by atoms with van der Waals surface area (Å²) in [6.45, 7) is 2.87. The Kier molecular flexibility index (Phi) is 4.21. The molecule has 0 radical (unpaired) electrons. The molecule has 2 N–H and O–H groups in total. The van der Waals surface area contributed by atoms with E-state index in [0.717, 1.165) is 30.0 Å². The molecule has 27 heavy (non-hydrogen) atoms. The number of urea groups is 1. The molecule has 142 valence electrons. The largest absolute Gasteiger partial charge is 0.449 e. The van der Waals surface area contributed by atoms with E-state index in [4.69, 9.17) is 4.74 Å². The van der Waals surface area contributed by atoms with Gasteiger partial charge < -0.3 is 20.3 Å². The highest BCUT2D eigenvalue weighted by molar-refractivity contribution is 6.06. The van der Waals surface area contributed by atoms with Gasteiger partial charge in [0, 0.05) is 19.6 Å². The van der Waals surface area contributed by atoms with E-state index in [9.17, 15) is 19.2 Å². The lowest BCUT2D eigenvalue weighted by molar-refractivity contribution is -0.136. The minimum atomic E-state index is -1.09. The summed E-state index contributed by atoms with van der Waals surface area (Å²) in [7, 11) is 0. The molecule has 0 unspecified atom stereocenters. The molecule has 4 amide bonds. The molecular formula is C18H20N4O5. The number of fused-ring (bicyclic) bond motifs is 3. The van der Waals surface area contributed by atoms with Gasteiger partial charge in [0.1, 0.15) is 6.04 Å². The van der Waals surface area contributed by atoms with Crippen LogP contribution in [0.4, 0.5) is 16.2 Å². The summed E-state index contributed by atoms with van der Waals surface area (Å²) in [5.41, 5.74) is 1.68. The van der Waals surface area contributed by atoms with Crippen LogP contribution in [-0.4, -0.2) is 60.5 Å². The molecular weight excluding hydrogens is 352 g/mol. The number of hydrogen-bond donors (Lipinski definition) is 2. The first-order chi connectivity index (χ1) is 13.0. The zero-order valence-corrected chi connectivity index (χ0v) is 14.9. The predicted molar refractivity (Wildman–Crippen MR) is 95.4 cm³/mol. The van der Waals surface area contributed by atoms with Gasteiger partial charge in [-0.1, -0.05) is 0 Å². The van der Waals surface area contributed by atoms with Crippen molar-refractivity contribution in [3.05, 3.63) is 23.8 Å². The number of benzene rings is 1. The molecule has 0 saturated carbocycles. The third-order valence-electron chi connectivity index (χ3n) is 5.11. The van der Waals surface area contributed by atoms with Crippen LogP contribution in [-0.2, 0) is 14.3 Å². The summed E-state index contributed by atoms with van der Waals surface area (Å²) < 4.78 is 5.23. The van der Waals surface area contributed by atoms with Gasteiger partial charge in [-0.05, 0) is 38.0 Å². The number of ether oxygens (including phenoxy) is 1. The van der Waals surface area contributed by atoms with Crippen molar-refractivity contribution < 1.29 is 23.9 Å². The number of anilines is 2. The first kappa shape index (κ1) is 17.3. The van der Waals surface area contributed by atoms with E-state index in [1.165, 1.54) is 6.92 Å². The van der Waals surface area contributed by atoms with Crippen molar-refractivity contribution >= 4 is 35.2 Å². The van der Waals surface area contributed by atoms with E-state index in [1.807, 2.05) is 4.90 Å². The van der Waals surface area contributed by atoms with Crippen molar-refractivity contribution in [2.75, 3.05) is 29.9 Å². The first-order valence-electron chi connectivity index (χ1n) is 8.97. The average Bonchev–Trinajstić information content (AvgIpc) is 3.30. The maximum absolute atomic E-state index is 12.4. The molecule has 0 aromatic heterocycles. The Hall–Kier alpha value is -3.10. The maximum atomic E-state index is 12.4. The fourth-order valence-electron chi connectivity index (χ4n) is 3.74. The van der Waals surface area contributed by atoms with Crippen LogP contribution in [0.1, 0.15) is 30.1 Å². The maximum Gasteiger partial charge on any atom is 0.338 e. The Morgan fingerprint density at radius 3 is 2.81 bits per heavy atom. The van der Waals surface area contributed by atoms with Crippen molar-refractivity contribution in [1.82, 2.24) is 10.2 Å². The van der Waals surface area contributed by atoms with Gasteiger partial charge >= 0.3 is 12.0 Å². The Morgan fingerprint density at radius 2 is 2.07 bits per heavy atom. The topological polar surface area (TPSA) is 108 Å². The van der Waals surface area contributed by atoms with Crippen LogP contribution in [0.5, 0.6) is 0 Å². The van der Waals surface area contributed by atoms with Crippen LogP contribution < -0.4 is 15.5 Å². The normalized spacial score (nSPS) is 21.9. The molecule has 0 aliphatic carbocycles. The van der Waals surface area contributed by atoms with Gasteiger partial charge in [-0.2, -0.15) is 0 Å². The van der Waals surface area contributed by atoms with Crippen molar-refractivity contribution in [3.8, 4) is 0 Å². The average molecular weight is 372 g/mol. The zero-order chi connectivity index (χ0) is 19.1. The number of nitrogens with zero attached hydrogens (tertiary/aromatic N) is 2. The molecule has 2 fully saturated rings. The van der Waals surface area contributed by atoms with Gasteiger partial charge in [0.25, 0.3) is 5.91 Å². The molecule has 4 rings (SSSR count). The van der Waals surface area contributed by atoms with Gasteiger partial charge in [-0.3, -0.25) is 14.5 Å². The van der Waals surface area contributed by atoms with Gasteiger partial charge in [0.15, 0.2) is 6.10 Å². The van der Waals surface area contributed by atoms with E-state index in [0.29, 0.717) is 12.2 Å². The fraction of sp³-hybridized carbons (Fsp3) is 0.444. The quantitative estimate of drug-likeness (QED) is 0.757. The van der Waals surface area contributed by atoms with Crippen molar-refractivity contribution in [3.63, 3.8) is 0 Å². The number of hydrogen-bond acceptors (Lipinski definition) is 6. The van der Waals surface area contributed by atoms with Crippen LogP contribution in [0.2, 0.25) is 0 Å². The fourth-order valence-corrected chi connectivity index (χ4v) is 3.74. The minimum Gasteiger partial charge on any atom is -0.449 e. The third kappa shape index (κ3) is 2.98.